The number of anilines is 1. The minimum atomic E-state index is -0.554. The molecule has 5 heteroatoms. The van der Waals surface area contributed by atoms with E-state index in [1.54, 1.807) is 0 Å². The summed E-state index contributed by atoms with van der Waals surface area (Å²) < 4.78 is 13.5. The number of hydrogen-bond donors (Lipinski definition) is 0. The Labute approximate surface area is 113 Å². The smallest absolute Gasteiger partial charge is 0.274 e. The largest absolute Gasteiger partial charge is 0.371 e. The van der Waals surface area contributed by atoms with E-state index in [9.17, 15) is 14.5 Å². The first-order valence-electron chi connectivity index (χ1n) is 6.78. The van der Waals surface area contributed by atoms with Gasteiger partial charge in [0.1, 0.15) is 5.82 Å². The summed E-state index contributed by atoms with van der Waals surface area (Å²) in [7, 11) is 0. The molecule has 0 saturated heterocycles. The Hall–Kier alpha value is -1.65. The van der Waals surface area contributed by atoms with Crippen LogP contribution in [0.1, 0.15) is 39.5 Å². The molecule has 0 N–H and O–H groups in total. The Morgan fingerprint density at radius 1 is 1.16 bits per heavy atom. The van der Waals surface area contributed by atoms with Crippen molar-refractivity contribution in [2.75, 3.05) is 18.0 Å². The Balaban J connectivity index is 2.95. The maximum atomic E-state index is 13.5. The summed E-state index contributed by atoms with van der Waals surface area (Å²) in [5, 5.41) is 10.8. The molecule has 0 unspecified atom stereocenters. The van der Waals surface area contributed by atoms with Gasteiger partial charge in [0, 0.05) is 24.8 Å². The highest BCUT2D eigenvalue weighted by Gasteiger charge is 2.14. The fourth-order valence-corrected chi connectivity index (χ4v) is 1.91. The van der Waals surface area contributed by atoms with E-state index < -0.39 is 10.7 Å². The molecule has 1 aromatic carbocycles. The van der Waals surface area contributed by atoms with Gasteiger partial charge in [-0.25, -0.2) is 4.39 Å². The van der Waals surface area contributed by atoms with Crippen molar-refractivity contribution >= 4 is 11.4 Å². The molecular weight excluding hydrogens is 247 g/mol. The molecule has 0 saturated carbocycles. The van der Waals surface area contributed by atoms with E-state index in [4.69, 9.17) is 0 Å². The van der Waals surface area contributed by atoms with Crippen LogP contribution in [0.3, 0.4) is 0 Å². The molecule has 0 aromatic heterocycles. The van der Waals surface area contributed by atoms with Crippen molar-refractivity contribution in [3.05, 3.63) is 34.1 Å². The van der Waals surface area contributed by atoms with Gasteiger partial charge in [-0.3, -0.25) is 10.1 Å². The molecular formula is C14H21FN2O2. The quantitative estimate of drug-likeness (QED) is 0.526. The highest BCUT2D eigenvalue weighted by Crippen LogP contribution is 2.24. The summed E-state index contributed by atoms with van der Waals surface area (Å²) in [4.78, 5) is 12.3. The molecule has 0 radical (unpaired) electrons. The van der Waals surface area contributed by atoms with Crippen LogP contribution in [0, 0.1) is 15.9 Å². The van der Waals surface area contributed by atoms with Gasteiger partial charge in [0.25, 0.3) is 5.69 Å². The van der Waals surface area contributed by atoms with Gasteiger partial charge >= 0.3 is 0 Å². The zero-order chi connectivity index (χ0) is 14.3. The second-order valence-corrected chi connectivity index (χ2v) is 4.62. The Kier molecular flexibility index (Phi) is 6.25. The van der Waals surface area contributed by atoms with Crippen molar-refractivity contribution in [2.45, 2.75) is 39.5 Å². The molecule has 0 aliphatic carbocycles. The lowest BCUT2D eigenvalue weighted by Crippen LogP contribution is -2.25. The van der Waals surface area contributed by atoms with Crippen LogP contribution in [0.2, 0.25) is 0 Å². The van der Waals surface area contributed by atoms with E-state index in [-0.39, 0.29) is 5.69 Å². The zero-order valence-corrected chi connectivity index (χ0v) is 11.6. The van der Waals surface area contributed by atoms with E-state index in [1.165, 1.54) is 12.1 Å². The van der Waals surface area contributed by atoms with Crippen LogP contribution in [-0.2, 0) is 0 Å². The van der Waals surface area contributed by atoms with Gasteiger partial charge in [-0.2, -0.15) is 0 Å². The Morgan fingerprint density at radius 3 is 2.21 bits per heavy atom. The third-order valence-electron chi connectivity index (χ3n) is 3.01. The summed E-state index contributed by atoms with van der Waals surface area (Å²) in [5.74, 6) is -0.554. The molecule has 0 aliphatic heterocycles. The van der Waals surface area contributed by atoms with E-state index in [2.05, 4.69) is 13.8 Å². The van der Waals surface area contributed by atoms with Crippen LogP contribution < -0.4 is 4.90 Å². The number of rotatable bonds is 8. The predicted molar refractivity (Wildman–Crippen MR) is 75.1 cm³/mol. The SMILES string of the molecule is CCCCN(CCCC)c1cc(F)cc([N+](=O)[O-])c1. The highest BCUT2D eigenvalue weighted by atomic mass is 19.1. The minimum Gasteiger partial charge on any atom is -0.371 e. The second kappa shape index (κ2) is 7.71. The topological polar surface area (TPSA) is 46.4 Å². The van der Waals surface area contributed by atoms with Crippen molar-refractivity contribution in [1.29, 1.82) is 0 Å². The average molecular weight is 268 g/mol. The van der Waals surface area contributed by atoms with Crippen LogP contribution in [-0.4, -0.2) is 18.0 Å². The average Bonchev–Trinajstić information content (AvgIpc) is 2.38. The number of nitro benzene ring substituents is 1. The molecule has 1 rings (SSSR count). The minimum absolute atomic E-state index is 0.187. The third-order valence-corrected chi connectivity index (χ3v) is 3.01. The van der Waals surface area contributed by atoms with E-state index >= 15 is 0 Å². The molecule has 0 aliphatic rings. The van der Waals surface area contributed by atoms with Crippen molar-refractivity contribution in [3.8, 4) is 0 Å². The lowest BCUT2D eigenvalue weighted by atomic mass is 10.2. The lowest BCUT2D eigenvalue weighted by molar-refractivity contribution is -0.385. The van der Waals surface area contributed by atoms with Crippen LogP contribution in [0.4, 0.5) is 15.8 Å². The van der Waals surface area contributed by atoms with Gasteiger partial charge in [0.15, 0.2) is 0 Å². The molecule has 0 fully saturated rings. The number of unbranched alkanes of at least 4 members (excludes halogenated alkanes) is 2. The van der Waals surface area contributed by atoms with Gasteiger partial charge in [0.2, 0.25) is 0 Å². The summed E-state index contributed by atoms with van der Waals surface area (Å²) in [6.07, 6.45) is 4.07. The van der Waals surface area contributed by atoms with Gasteiger partial charge in [-0.15, -0.1) is 0 Å². The van der Waals surface area contributed by atoms with Crippen LogP contribution in [0.5, 0.6) is 0 Å². The predicted octanol–water partition coefficient (Wildman–Crippen LogP) is 4.14. The monoisotopic (exact) mass is 268 g/mol. The number of halogens is 1. The van der Waals surface area contributed by atoms with Crippen molar-refractivity contribution in [3.63, 3.8) is 0 Å². The fourth-order valence-electron chi connectivity index (χ4n) is 1.91. The summed E-state index contributed by atoms with van der Waals surface area (Å²) in [6, 6.07) is 3.79. The lowest BCUT2D eigenvalue weighted by Gasteiger charge is -2.24. The molecule has 0 heterocycles. The van der Waals surface area contributed by atoms with Gasteiger partial charge in [-0.05, 0) is 18.9 Å². The number of benzene rings is 1. The second-order valence-electron chi connectivity index (χ2n) is 4.62. The molecule has 19 heavy (non-hydrogen) atoms. The molecule has 0 atom stereocenters. The van der Waals surface area contributed by atoms with Gasteiger partial charge in [-0.1, -0.05) is 26.7 Å². The fraction of sp³-hybridized carbons (Fsp3) is 0.571. The molecule has 4 nitrogen and oxygen atoms in total. The number of hydrogen-bond acceptors (Lipinski definition) is 3. The first-order chi connectivity index (χ1) is 9.08. The number of non-ortho nitro benzene ring substituents is 1. The van der Waals surface area contributed by atoms with Gasteiger partial charge < -0.3 is 4.90 Å². The Bertz CT molecular complexity index is 416. The molecule has 106 valence electrons. The normalized spacial score (nSPS) is 10.5. The highest BCUT2D eigenvalue weighted by molar-refractivity contribution is 5.53. The first-order valence-corrected chi connectivity index (χ1v) is 6.78. The third kappa shape index (κ3) is 4.85. The zero-order valence-electron chi connectivity index (χ0n) is 11.6. The van der Waals surface area contributed by atoms with Crippen LogP contribution >= 0.6 is 0 Å². The van der Waals surface area contributed by atoms with Crippen molar-refractivity contribution in [1.82, 2.24) is 0 Å². The number of nitro groups is 1. The van der Waals surface area contributed by atoms with Crippen molar-refractivity contribution in [2.24, 2.45) is 0 Å². The molecule has 0 amide bonds. The van der Waals surface area contributed by atoms with Crippen LogP contribution in [0.25, 0.3) is 0 Å². The maximum absolute atomic E-state index is 13.5. The summed E-state index contributed by atoms with van der Waals surface area (Å²) in [5.41, 5.74) is 0.418. The van der Waals surface area contributed by atoms with Gasteiger partial charge in [0.05, 0.1) is 11.0 Å². The maximum Gasteiger partial charge on any atom is 0.274 e. The summed E-state index contributed by atoms with van der Waals surface area (Å²) in [6.45, 7) is 5.78. The first kappa shape index (κ1) is 15.4. The molecule has 1 aromatic rings. The standard InChI is InChI=1S/C14H21FN2O2/c1-3-5-7-16(8-6-4-2)13-9-12(15)10-14(11-13)17(18)19/h9-11H,3-8H2,1-2H3. The molecule has 0 bridgehead atoms. The molecule has 0 spiro atoms. The Morgan fingerprint density at radius 2 is 1.74 bits per heavy atom. The van der Waals surface area contributed by atoms with Crippen LogP contribution in [0.15, 0.2) is 18.2 Å². The summed E-state index contributed by atoms with van der Waals surface area (Å²) >= 11 is 0. The van der Waals surface area contributed by atoms with Crippen molar-refractivity contribution < 1.29 is 9.31 Å². The van der Waals surface area contributed by atoms with E-state index in [1.807, 2.05) is 4.90 Å². The van der Waals surface area contributed by atoms with E-state index in [0.29, 0.717) is 5.69 Å². The van der Waals surface area contributed by atoms with E-state index in [0.717, 1.165) is 44.8 Å². The number of nitrogens with zero attached hydrogens (tertiary/aromatic N) is 2.